The number of hydrogen-bond donors (Lipinski definition) is 0. The third-order valence-electron chi connectivity index (χ3n) is 11.5. The largest absolute Gasteiger partial charge is 0.359 e. The van der Waals surface area contributed by atoms with Gasteiger partial charge in [-0.1, -0.05) is 103 Å². The molecule has 2 aliphatic rings. The minimum absolute atomic E-state index is 0.0402. The first-order valence-corrected chi connectivity index (χ1v) is 17.4. The van der Waals surface area contributed by atoms with E-state index in [9.17, 15) is 0 Å². The van der Waals surface area contributed by atoms with Crippen LogP contribution >= 0.6 is 0 Å². The van der Waals surface area contributed by atoms with Gasteiger partial charge in [0, 0.05) is 38.4 Å². The zero-order valence-electron chi connectivity index (χ0n) is 27.6. The highest BCUT2D eigenvalue weighted by Gasteiger charge is 2.42. The summed E-state index contributed by atoms with van der Waals surface area (Å²) in [5.41, 5.74) is 18.6. The summed E-state index contributed by atoms with van der Waals surface area (Å²) in [6, 6.07) is 51.5. The van der Waals surface area contributed by atoms with Gasteiger partial charge in [-0.25, -0.2) is 4.98 Å². The minimum Gasteiger partial charge on any atom is -0.359 e. The van der Waals surface area contributed by atoms with E-state index >= 15 is 0 Å². The standard InChI is InChI=1S/C45H29BN4/c1-26-12-9-13-27(2)40(26)45-47-34-19-10-18-31-30-17-11-23-39-42(30)46(50(45)43(31)34)33-24-25-38(41-32-16-5-8-22-37(32)49(39)44(33)41)48-35-20-6-3-14-28(35)29-15-4-7-21-36(29)48/h3-25H,1-2H3. The van der Waals surface area contributed by atoms with Crippen LogP contribution < -0.4 is 10.9 Å². The van der Waals surface area contributed by atoms with E-state index in [2.05, 4.69) is 167 Å². The fourth-order valence-electron chi connectivity index (χ4n) is 9.60. The highest BCUT2D eigenvalue weighted by molar-refractivity contribution is 6.89. The first-order chi connectivity index (χ1) is 24.7. The molecule has 0 fully saturated rings. The van der Waals surface area contributed by atoms with Crippen molar-refractivity contribution in [3.8, 4) is 33.9 Å². The van der Waals surface area contributed by atoms with Crippen molar-refractivity contribution in [2.24, 2.45) is 0 Å². The van der Waals surface area contributed by atoms with Crippen LogP contribution in [0.2, 0.25) is 0 Å². The van der Waals surface area contributed by atoms with Gasteiger partial charge in [-0.2, -0.15) is 0 Å². The molecule has 0 atom stereocenters. The van der Waals surface area contributed by atoms with Crippen LogP contribution in [0.25, 0.3) is 88.5 Å². The van der Waals surface area contributed by atoms with E-state index in [1.54, 1.807) is 0 Å². The molecule has 12 rings (SSSR count). The summed E-state index contributed by atoms with van der Waals surface area (Å²) in [6.07, 6.45) is 0. The highest BCUT2D eigenvalue weighted by Crippen LogP contribution is 2.44. The summed E-state index contributed by atoms with van der Waals surface area (Å²) in [6.45, 7) is 4.40. The van der Waals surface area contributed by atoms with Crippen LogP contribution in [0.3, 0.4) is 0 Å². The molecule has 0 aliphatic carbocycles. The Labute approximate surface area is 288 Å². The van der Waals surface area contributed by atoms with Crippen LogP contribution in [-0.2, 0) is 0 Å². The van der Waals surface area contributed by atoms with Crippen molar-refractivity contribution in [2.45, 2.75) is 13.8 Å². The van der Waals surface area contributed by atoms with E-state index in [-0.39, 0.29) is 6.85 Å². The van der Waals surface area contributed by atoms with Gasteiger partial charge in [-0.3, -0.25) is 0 Å². The number of para-hydroxylation sites is 4. The molecular formula is C45H29BN4. The lowest BCUT2D eigenvalue weighted by Crippen LogP contribution is -2.55. The molecule has 0 bridgehead atoms. The van der Waals surface area contributed by atoms with Crippen molar-refractivity contribution in [2.75, 3.05) is 0 Å². The van der Waals surface area contributed by atoms with Gasteiger partial charge in [0.25, 0.3) is 0 Å². The second-order valence-electron chi connectivity index (χ2n) is 14.0. The Bertz CT molecular complexity index is 3060. The Morgan fingerprint density at radius 2 is 1.12 bits per heavy atom. The maximum atomic E-state index is 5.45. The van der Waals surface area contributed by atoms with E-state index in [4.69, 9.17) is 4.98 Å². The van der Waals surface area contributed by atoms with E-state index in [1.165, 1.54) is 99.2 Å². The van der Waals surface area contributed by atoms with Crippen LogP contribution in [0.1, 0.15) is 11.1 Å². The SMILES string of the molecule is Cc1cccc(C)c1-c1nc2cccc3c2n1B1c2c-3cccc2-n2c3ccccc3c3c(-n4c5ccccc5c5ccccc54)ccc1c32. The van der Waals surface area contributed by atoms with E-state index in [0.717, 1.165) is 11.3 Å². The molecule has 50 heavy (non-hydrogen) atoms. The van der Waals surface area contributed by atoms with Crippen LogP contribution in [0.5, 0.6) is 0 Å². The first-order valence-electron chi connectivity index (χ1n) is 17.4. The summed E-state index contributed by atoms with van der Waals surface area (Å²) >= 11 is 0. The van der Waals surface area contributed by atoms with Crippen LogP contribution in [0.4, 0.5) is 0 Å². The van der Waals surface area contributed by atoms with Gasteiger partial charge in [-0.15, -0.1) is 0 Å². The molecule has 232 valence electrons. The molecule has 4 nitrogen and oxygen atoms in total. The van der Waals surface area contributed by atoms with Gasteiger partial charge in [0.1, 0.15) is 5.82 Å². The predicted octanol–water partition coefficient (Wildman–Crippen LogP) is 9.46. The Morgan fingerprint density at radius 1 is 0.500 bits per heavy atom. The molecule has 0 N–H and O–H groups in total. The first kappa shape index (κ1) is 26.6. The average molecular weight is 637 g/mol. The summed E-state index contributed by atoms with van der Waals surface area (Å²) < 4.78 is 7.61. The van der Waals surface area contributed by atoms with Crippen LogP contribution in [0.15, 0.2) is 140 Å². The summed E-state index contributed by atoms with van der Waals surface area (Å²) in [4.78, 5) is 5.45. The topological polar surface area (TPSA) is 27.7 Å². The fourth-order valence-corrected chi connectivity index (χ4v) is 9.60. The number of benzene rings is 7. The molecular weight excluding hydrogens is 607 g/mol. The monoisotopic (exact) mass is 636 g/mol. The van der Waals surface area contributed by atoms with E-state index in [1.807, 2.05) is 0 Å². The quantitative estimate of drug-likeness (QED) is 0.174. The summed E-state index contributed by atoms with van der Waals surface area (Å²) in [7, 11) is 0. The highest BCUT2D eigenvalue weighted by atomic mass is 15.1. The Balaban J connectivity index is 1.28. The maximum Gasteiger partial charge on any atom is 0.334 e. The molecule has 0 amide bonds. The van der Waals surface area contributed by atoms with Gasteiger partial charge in [0.15, 0.2) is 0 Å². The maximum absolute atomic E-state index is 5.45. The molecule has 2 aliphatic heterocycles. The molecule has 0 radical (unpaired) electrons. The number of rotatable bonds is 2. The van der Waals surface area contributed by atoms with Crippen molar-refractivity contribution in [1.82, 2.24) is 18.6 Å². The summed E-state index contributed by atoms with van der Waals surface area (Å²) in [5, 5.41) is 5.09. The zero-order chi connectivity index (χ0) is 32.8. The zero-order valence-corrected chi connectivity index (χ0v) is 27.6. The second-order valence-corrected chi connectivity index (χ2v) is 14.0. The molecule has 0 saturated carbocycles. The normalized spacial score (nSPS) is 13.0. The molecule has 0 unspecified atom stereocenters. The molecule has 10 aromatic rings. The number of aryl methyl sites for hydroxylation is 2. The smallest absolute Gasteiger partial charge is 0.334 e. The summed E-state index contributed by atoms with van der Waals surface area (Å²) in [5.74, 6) is 1.04. The molecule has 5 heteroatoms. The van der Waals surface area contributed by atoms with Crippen molar-refractivity contribution < 1.29 is 0 Å². The van der Waals surface area contributed by atoms with Gasteiger partial charge in [0.05, 0.1) is 38.8 Å². The number of hydrogen-bond acceptors (Lipinski definition) is 1. The van der Waals surface area contributed by atoms with Gasteiger partial charge in [0.2, 0.25) is 0 Å². The average Bonchev–Trinajstić information content (AvgIpc) is 3.81. The second kappa shape index (κ2) is 9.22. The lowest BCUT2D eigenvalue weighted by molar-refractivity contribution is 1.15. The van der Waals surface area contributed by atoms with Gasteiger partial charge >= 0.3 is 6.85 Å². The lowest BCUT2D eigenvalue weighted by Gasteiger charge is -2.34. The third kappa shape index (κ3) is 3.08. The van der Waals surface area contributed by atoms with Crippen LogP contribution in [0, 0.1) is 13.8 Å². The van der Waals surface area contributed by atoms with Gasteiger partial charge < -0.3 is 13.6 Å². The van der Waals surface area contributed by atoms with Crippen molar-refractivity contribution in [3.63, 3.8) is 0 Å². The molecule has 0 spiro atoms. The van der Waals surface area contributed by atoms with Crippen molar-refractivity contribution >= 4 is 72.4 Å². The van der Waals surface area contributed by atoms with Crippen molar-refractivity contribution in [3.05, 3.63) is 151 Å². The Morgan fingerprint density at radius 3 is 1.86 bits per heavy atom. The minimum atomic E-state index is -0.0402. The fraction of sp³-hybridized carbons (Fsp3) is 0.0444. The third-order valence-corrected chi connectivity index (χ3v) is 11.5. The number of aromatic nitrogens is 4. The van der Waals surface area contributed by atoms with Crippen molar-refractivity contribution in [1.29, 1.82) is 0 Å². The Kier molecular flexibility index (Phi) is 4.90. The van der Waals surface area contributed by atoms with E-state index < -0.39 is 0 Å². The van der Waals surface area contributed by atoms with Crippen LogP contribution in [-0.4, -0.2) is 25.4 Å². The molecule has 3 aromatic heterocycles. The molecule has 7 aromatic carbocycles. The molecule has 0 saturated heterocycles. The Hall–Kier alpha value is -6.33. The van der Waals surface area contributed by atoms with E-state index in [0.29, 0.717) is 0 Å². The molecule has 5 heterocycles. The van der Waals surface area contributed by atoms with Gasteiger partial charge in [-0.05, 0) is 77.9 Å². The number of fused-ring (bicyclic) bond motifs is 10. The lowest BCUT2D eigenvalue weighted by atomic mass is 9.45. The number of nitrogens with zero attached hydrogens (tertiary/aromatic N) is 4. The number of imidazole rings is 1. The predicted molar refractivity (Wildman–Crippen MR) is 209 cm³/mol.